The topological polar surface area (TPSA) is 56.9 Å². The van der Waals surface area contributed by atoms with Gasteiger partial charge in [0.25, 0.3) is 0 Å². The highest BCUT2D eigenvalue weighted by molar-refractivity contribution is 5.80. The van der Waals surface area contributed by atoms with Crippen molar-refractivity contribution in [2.75, 3.05) is 46.3 Å². The van der Waals surface area contributed by atoms with Crippen LogP contribution in [-0.2, 0) is 6.42 Å². The number of hydrogen-bond donors (Lipinski definition) is 1. The van der Waals surface area contributed by atoms with Gasteiger partial charge in [-0.3, -0.25) is 4.99 Å². The third-order valence-electron chi connectivity index (χ3n) is 5.35. The molecule has 2 saturated heterocycles. The molecule has 0 aliphatic carbocycles. The predicted octanol–water partition coefficient (Wildman–Crippen LogP) is 1.83. The van der Waals surface area contributed by atoms with E-state index < -0.39 is 0 Å². The number of likely N-dealkylation sites (tertiary alicyclic amines) is 2. The summed E-state index contributed by atoms with van der Waals surface area (Å²) < 4.78 is 5.23. The van der Waals surface area contributed by atoms with Crippen LogP contribution in [-0.4, -0.2) is 67.2 Å². The molecule has 2 aliphatic heterocycles. The maximum absolute atomic E-state index is 5.23. The minimum atomic E-state index is 0.782. The molecule has 0 radical (unpaired) electrons. The maximum Gasteiger partial charge on any atom is 0.193 e. The molecule has 6 nitrogen and oxygen atoms in total. The first-order chi connectivity index (χ1) is 11.7. The largest absolute Gasteiger partial charge is 0.361 e. The molecule has 0 spiro atoms. The molecule has 0 aromatic carbocycles. The van der Waals surface area contributed by atoms with E-state index in [9.17, 15) is 0 Å². The van der Waals surface area contributed by atoms with E-state index in [1.165, 1.54) is 44.5 Å². The van der Waals surface area contributed by atoms with Crippen LogP contribution >= 0.6 is 0 Å². The monoisotopic (exact) mass is 333 g/mol. The van der Waals surface area contributed by atoms with E-state index in [1.54, 1.807) is 0 Å². The third kappa shape index (κ3) is 4.09. The molecule has 2 fully saturated rings. The van der Waals surface area contributed by atoms with Gasteiger partial charge in [0.2, 0.25) is 0 Å². The van der Waals surface area contributed by atoms with Crippen molar-refractivity contribution in [3.05, 3.63) is 17.0 Å². The van der Waals surface area contributed by atoms with Crippen molar-refractivity contribution in [3.8, 4) is 0 Å². The van der Waals surface area contributed by atoms with Gasteiger partial charge in [0.1, 0.15) is 5.76 Å². The molecule has 134 valence electrons. The summed E-state index contributed by atoms with van der Waals surface area (Å²) in [6.45, 7) is 10.9. The number of guanidine groups is 1. The van der Waals surface area contributed by atoms with Crippen LogP contribution in [0.3, 0.4) is 0 Å². The SMILES string of the molecule is CN=C(NCCc1c(C)noc1C)N1CCC(CN2CCCC2)C1. The summed E-state index contributed by atoms with van der Waals surface area (Å²) in [5.41, 5.74) is 2.21. The van der Waals surface area contributed by atoms with Gasteiger partial charge < -0.3 is 19.6 Å². The molecule has 1 aromatic rings. The second-order valence-corrected chi connectivity index (χ2v) is 7.14. The average Bonchev–Trinajstić information content (AvgIpc) is 3.30. The minimum absolute atomic E-state index is 0.782. The molecule has 1 unspecified atom stereocenters. The molecule has 0 saturated carbocycles. The number of hydrogen-bond acceptors (Lipinski definition) is 4. The number of rotatable bonds is 5. The Morgan fingerprint density at radius 1 is 1.29 bits per heavy atom. The van der Waals surface area contributed by atoms with Crippen LogP contribution in [0.2, 0.25) is 0 Å². The molecular weight excluding hydrogens is 302 g/mol. The van der Waals surface area contributed by atoms with Crippen molar-refractivity contribution >= 4 is 5.96 Å². The lowest BCUT2D eigenvalue weighted by Gasteiger charge is -2.23. The van der Waals surface area contributed by atoms with E-state index in [4.69, 9.17) is 4.52 Å². The van der Waals surface area contributed by atoms with Crippen molar-refractivity contribution in [1.29, 1.82) is 0 Å². The van der Waals surface area contributed by atoms with E-state index in [1.807, 2.05) is 20.9 Å². The fourth-order valence-corrected chi connectivity index (χ4v) is 3.99. The van der Waals surface area contributed by atoms with Crippen molar-refractivity contribution in [2.24, 2.45) is 10.9 Å². The Balaban J connectivity index is 1.44. The Hall–Kier alpha value is -1.56. The van der Waals surface area contributed by atoms with Gasteiger partial charge in [-0.05, 0) is 58.5 Å². The van der Waals surface area contributed by atoms with Crippen molar-refractivity contribution in [3.63, 3.8) is 0 Å². The van der Waals surface area contributed by atoms with Crippen molar-refractivity contribution < 1.29 is 4.52 Å². The van der Waals surface area contributed by atoms with E-state index in [2.05, 4.69) is 25.3 Å². The molecule has 1 N–H and O–H groups in total. The molecule has 1 aromatic heterocycles. The summed E-state index contributed by atoms with van der Waals surface area (Å²) in [7, 11) is 1.88. The average molecular weight is 333 g/mol. The Bertz CT molecular complexity index is 542. The minimum Gasteiger partial charge on any atom is -0.361 e. The Labute approximate surface area is 145 Å². The third-order valence-corrected chi connectivity index (χ3v) is 5.35. The van der Waals surface area contributed by atoms with Gasteiger partial charge in [0.05, 0.1) is 5.69 Å². The number of aryl methyl sites for hydroxylation is 2. The summed E-state index contributed by atoms with van der Waals surface area (Å²) in [6.07, 6.45) is 4.95. The number of nitrogens with one attached hydrogen (secondary N) is 1. The Morgan fingerprint density at radius 3 is 2.75 bits per heavy atom. The molecule has 3 rings (SSSR count). The quantitative estimate of drug-likeness (QED) is 0.658. The van der Waals surface area contributed by atoms with Gasteiger partial charge in [-0.2, -0.15) is 0 Å². The first-order valence-corrected chi connectivity index (χ1v) is 9.27. The Kier molecular flexibility index (Phi) is 5.76. The van der Waals surface area contributed by atoms with Crippen LogP contribution < -0.4 is 5.32 Å². The van der Waals surface area contributed by atoms with E-state index in [0.29, 0.717) is 0 Å². The summed E-state index contributed by atoms with van der Waals surface area (Å²) in [5.74, 6) is 2.74. The molecule has 3 heterocycles. The van der Waals surface area contributed by atoms with Gasteiger partial charge >= 0.3 is 0 Å². The van der Waals surface area contributed by atoms with E-state index in [0.717, 1.165) is 49.4 Å². The second kappa shape index (κ2) is 8.01. The van der Waals surface area contributed by atoms with Crippen LogP contribution in [0.1, 0.15) is 36.3 Å². The number of aliphatic imine (C=N–C) groups is 1. The normalized spacial score (nSPS) is 22.5. The zero-order valence-corrected chi connectivity index (χ0v) is 15.3. The van der Waals surface area contributed by atoms with Crippen molar-refractivity contribution in [2.45, 2.75) is 39.5 Å². The van der Waals surface area contributed by atoms with Crippen LogP contribution in [0, 0.1) is 19.8 Å². The zero-order chi connectivity index (χ0) is 16.9. The molecule has 6 heteroatoms. The van der Waals surface area contributed by atoms with E-state index >= 15 is 0 Å². The van der Waals surface area contributed by atoms with Crippen LogP contribution in [0.4, 0.5) is 0 Å². The molecule has 0 amide bonds. The highest BCUT2D eigenvalue weighted by Gasteiger charge is 2.27. The van der Waals surface area contributed by atoms with Crippen LogP contribution in [0.25, 0.3) is 0 Å². The number of aromatic nitrogens is 1. The summed E-state index contributed by atoms with van der Waals surface area (Å²) >= 11 is 0. The highest BCUT2D eigenvalue weighted by atomic mass is 16.5. The highest BCUT2D eigenvalue weighted by Crippen LogP contribution is 2.20. The molecule has 24 heavy (non-hydrogen) atoms. The fourth-order valence-electron chi connectivity index (χ4n) is 3.99. The van der Waals surface area contributed by atoms with Crippen LogP contribution in [0.5, 0.6) is 0 Å². The first kappa shape index (κ1) is 17.3. The molecule has 1 atom stereocenters. The summed E-state index contributed by atoms with van der Waals surface area (Å²) in [4.78, 5) is 9.52. The van der Waals surface area contributed by atoms with E-state index in [-0.39, 0.29) is 0 Å². The molecule has 2 aliphatic rings. The molecular formula is C18H31N5O. The predicted molar refractivity (Wildman–Crippen MR) is 96.4 cm³/mol. The Morgan fingerprint density at radius 2 is 2.08 bits per heavy atom. The fraction of sp³-hybridized carbons (Fsp3) is 0.778. The standard InChI is InChI=1S/C18H31N5O/c1-14-17(15(2)24-21-14)6-8-20-18(19-3)23-11-7-16(13-23)12-22-9-4-5-10-22/h16H,4-13H2,1-3H3,(H,19,20). The van der Waals surface area contributed by atoms with Crippen molar-refractivity contribution in [1.82, 2.24) is 20.3 Å². The smallest absolute Gasteiger partial charge is 0.193 e. The van der Waals surface area contributed by atoms with Gasteiger partial charge in [-0.1, -0.05) is 5.16 Å². The van der Waals surface area contributed by atoms with Gasteiger partial charge in [0.15, 0.2) is 5.96 Å². The maximum atomic E-state index is 5.23. The first-order valence-electron chi connectivity index (χ1n) is 9.27. The lowest BCUT2D eigenvalue weighted by molar-refractivity contribution is 0.281. The number of nitrogens with zero attached hydrogens (tertiary/aromatic N) is 4. The second-order valence-electron chi connectivity index (χ2n) is 7.14. The van der Waals surface area contributed by atoms with Gasteiger partial charge in [0, 0.05) is 38.8 Å². The van der Waals surface area contributed by atoms with Crippen LogP contribution in [0.15, 0.2) is 9.52 Å². The lowest BCUT2D eigenvalue weighted by atomic mass is 10.1. The lowest BCUT2D eigenvalue weighted by Crippen LogP contribution is -2.41. The van der Waals surface area contributed by atoms with Gasteiger partial charge in [-0.25, -0.2) is 0 Å². The summed E-state index contributed by atoms with van der Waals surface area (Å²) in [5, 5.41) is 7.53. The van der Waals surface area contributed by atoms with Gasteiger partial charge in [-0.15, -0.1) is 0 Å². The molecule has 0 bridgehead atoms. The zero-order valence-electron chi connectivity index (χ0n) is 15.3. The summed E-state index contributed by atoms with van der Waals surface area (Å²) in [6, 6.07) is 0.